The largest absolute Gasteiger partial charge is 0.490 e. The van der Waals surface area contributed by atoms with Gasteiger partial charge in [-0.05, 0) is 65.2 Å². The minimum atomic E-state index is -0.329. The maximum atomic E-state index is 9.23. The van der Waals surface area contributed by atoms with Gasteiger partial charge in [-0.1, -0.05) is 23.7 Å². The first-order valence-corrected chi connectivity index (χ1v) is 10.6. The third kappa shape index (κ3) is 7.97. The van der Waals surface area contributed by atoms with Crippen molar-refractivity contribution in [3.8, 4) is 11.5 Å². The molecule has 2 aromatic rings. The van der Waals surface area contributed by atoms with Gasteiger partial charge in [-0.15, -0.1) is 0 Å². The van der Waals surface area contributed by atoms with Crippen molar-refractivity contribution in [3.05, 3.63) is 57.0 Å². The summed E-state index contributed by atoms with van der Waals surface area (Å²) in [6.45, 7) is 7.63. The summed E-state index contributed by atoms with van der Waals surface area (Å²) in [4.78, 5) is 0. The van der Waals surface area contributed by atoms with Crippen molar-refractivity contribution in [1.82, 2.24) is 10.6 Å². The highest BCUT2D eigenvalue weighted by atomic mass is 79.9. The second-order valence-electron chi connectivity index (χ2n) is 6.48. The van der Waals surface area contributed by atoms with Gasteiger partial charge in [0.25, 0.3) is 0 Å². The van der Waals surface area contributed by atoms with Crippen molar-refractivity contribution in [2.75, 3.05) is 26.2 Å². The molecule has 0 saturated carbocycles. The second kappa shape index (κ2) is 12.3. The normalized spacial score (nSPS) is 12.0. The van der Waals surface area contributed by atoms with E-state index in [0.717, 1.165) is 34.4 Å². The molecule has 1 atom stereocenters. The molecular formula is C21H28BrClN2O3. The zero-order chi connectivity index (χ0) is 20.4. The zero-order valence-electron chi connectivity index (χ0n) is 16.3. The summed E-state index contributed by atoms with van der Waals surface area (Å²) in [5.41, 5.74) is 2.14. The molecule has 3 N–H and O–H groups in total. The van der Waals surface area contributed by atoms with Gasteiger partial charge in [0, 0.05) is 31.2 Å². The van der Waals surface area contributed by atoms with Gasteiger partial charge in [0.15, 0.2) is 11.5 Å². The third-order valence-corrected chi connectivity index (χ3v) is 4.75. The van der Waals surface area contributed by atoms with Gasteiger partial charge < -0.3 is 25.2 Å². The Balaban J connectivity index is 1.95. The van der Waals surface area contributed by atoms with Crippen LogP contribution in [-0.4, -0.2) is 37.5 Å². The first kappa shape index (κ1) is 23.0. The zero-order valence-corrected chi connectivity index (χ0v) is 18.6. The van der Waals surface area contributed by atoms with E-state index in [4.69, 9.17) is 21.1 Å². The summed E-state index contributed by atoms with van der Waals surface area (Å²) >= 11 is 9.54. The Hall–Kier alpha value is -1.31. The fraction of sp³-hybridized carbons (Fsp3) is 0.429. The predicted molar refractivity (Wildman–Crippen MR) is 117 cm³/mol. The van der Waals surface area contributed by atoms with Crippen molar-refractivity contribution >= 4 is 27.5 Å². The molecule has 0 fully saturated rings. The molecule has 0 spiro atoms. The van der Waals surface area contributed by atoms with Crippen LogP contribution >= 0.6 is 27.5 Å². The smallest absolute Gasteiger partial charge is 0.175 e. The van der Waals surface area contributed by atoms with Crippen LogP contribution in [0.1, 0.15) is 25.0 Å². The standard InChI is InChI=1S/C21H28BrClN2O3/c1-3-27-20-11-17(13-25-9-8-24-12-15(2)26)10-19(22)21(20)28-14-16-4-6-18(23)7-5-16/h4-7,10-11,15,24-26H,3,8-9,12-14H2,1-2H3/t15-/m0/s1. The highest BCUT2D eigenvalue weighted by molar-refractivity contribution is 9.10. The van der Waals surface area contributed by atoms with Gasteiger partial charge in [0.05, 0.1) is 17.2 Å². The Kier molecular flexibility index (Phi) is 10.1. The topological polar surface area (TPSA) is 62.8 Å². The average Bonchev–Trinajstić information content (AvgIpc) is 2.65. The highest BCUT2D eigenvalue weighted by Gasteiger charge is 2.13. The number of aliphatic hydroxyl groups excluding tert-OH is 1. The van der Waals surface area contributed by atoms with E-state index in [2.05, 4.69) is 26.6 Å². The number of ether oxygens (including phenoxy) is 2. The van der Waals surface area contributed by atoms with Crippen LogP contribution < -0.4 is 20.1 Å². The lowest BCUT2D eigenvalue weighted by molar-refractivity contribution is 0.191. The van der Waals surface area contributed by atoms with Gasteiger partial charge in [-0.3, -0.25) is 0 Å². The molecule has 154 valence electrons. The lowest BCUT2D eigenvalue weighted by Gasteiger charge is -2.16. The molecule has 0 radical (unpaired) electrons. The highest BCUT2D eigenvalue weighted by Crippen LogP contribution is 2.37. The van der Waals surface area contributed by atoms with E-state index < -0.39 is 0 Å². The summed E-state index contributed by atoms with van der Waals surface area (Å²) in [6, 6.07) is 11.6. The SMILES string of the molecule is CCOc1cc(CNCCNC[C@H](C)O)cc(Br)c1OCc1ccc(Cl)cc1. The van der Waals surface area contributed by atoms with Crippen LogP contribution in [0, 0.1) is 0 Å². The van der Waals surface area contributed by atoms with Crippen LogP contribution in [0.25, 0.3) is 0 Å². The van der Waals surface area contributed by atoms with Crippen LogP contribution in [0.2, 0.25) is 5.02 Å². The Bertz CT molecular complexity index is 726. The number of aliphatic hydroxyl groups is 1. The summed E-state index contributed by atoms with van der Waals surface area (Å²) in [5.74, 6) is 1.41. The van der Waals surface area contributed by atoms with Crippen molar-refractivity contribution < 1.29 is 14.6 Å². The number of benzene rings is 2. The minimum absolute atomic E-state index is 0.329. The van der Waals surface area contributed by atoms with Crippen LogP contribution in [0.15, 0.2) is 40.9 Å². The van der Waals surface area contributed by atoms with Crippen molar-refractivity contribution in [3.63, 3.8) is 0 Å². The van der Waals surface area contributed by atoms with Crippen LogP contribution in [0.3, 0.4) is 0 Å². The maximum Gasteiger partial charge on any atom is 0.175 e. The molecule has 2 aromatic carbocycles. The molecule has 0 saturated heterocycles. The third-order valence-electron chi connectivity index (χ3n) is 3.91. The number of hydrogen-bond donors (Lipinski definition) is 3. The van der Waals surface area contributed by atoms with Crippen molar-refractivity contribution in [2.45, 2.75) is 33.1 Å². The fourth-order valence-corrected chi connectivity index (χ4v) is 3.31. The van der Waals surface area contributed by atoms with E-state index in [1.54, 1.807) is 6.92 Å². The fourth-order valence-electron chi connectivity index (χ4n) is 2.58. The van der Waals surface area contributed by atoms with Gasteiger partial charge in [0.2, 0.25) is 0 Å². The Labute approximate surface area is 180 Å². The van der Waals surface area contributed by atoms with Gasteiger partial charge in [0.1, 0.15) is 6.61 Å². The average molecular weight is 472 g/mol. The Morgan fingerprint density at radius 2 is 1.79 bits per heavy atom. The number of hydrogen-bond acceptors (Lipinski definition) is 5. The predicted octanol–water partition coefficient (Wildman–Crippen LogP) is 4.14. The molecule has 0 aliphatic heterocycles. The van der Waals surface area contributed by atoms with Gasteiger partial charge >= 0.3 is 0 Å². The van der Waals surface area contributed by atoms with E-state index >= 15 is 0 Å². The second-order valence-corrected chi connectivity index (χ2v) is 7.77. The molecule has 0 aliphatic rings. The van der Waals surface area contributed by atoms with E-state index in [9.17, 15) is 5.11 Å². The van der Waals surface area contributed by atoms with E-state index in [-0.39, 0.29) is 6.10 Å². The molecule has 5 nitrogen and oxygen atoms in total. The lowest BCUT2D eigenvalue weighted by Crippen LogP contribution is -2.31. The Morgan fingerprint density at radius 1 is 1.07 bits per heavy atom. The first-order valence-electron chi connectivity index (χ1n) is 9.41. The number of rotatable bonds is 12. The van der Waals surface area contributed by atoms with Crippen molar-refractivity contribution in [1.29, 1.82) is 0 Å². The summed E-state index contributed by atoms with van der Waals surface area (Å²) in [5, 5.41) is 16.5. The van der Waals surface area contributed by atoms with E-state index in [1.807, 2.05) is 43.3 Å². The molecule has 0 bridgehead atoms. The summed E-state index contributed by atoms with van der Waals surface area (Å²) < 4.78 is 12.7. The Morgan fingerprint density at radius 3 is 2.46 bits per heavy atom. The molecule has 0 aliphatic carbocycles. The van der Waals surface area contributed by atoms with Crippen LogP contribution in [0.5, 0.6) is 11.5 Å². The summed E-state index contributed by atoms with van der Waals surface area (Å²) in [7, 11) is 0. The van der Waals surface area contributed by atoms with E-state index in [0.29, 0.717) is 37.1 Å². The van der Waals surface area contributed by atoms with Crippen LogP contribution in [-0.2, 0) is 13.2 Å². The molecule has 0 heterocycles. The monoisotopic (exact) mass is 470 g/mol. The van der Waals surface area contributed by atoms with Crippen molar-refractivity contribution in [2.24, 2.45) is 0 Å². The maximum absolute atomic E-state index is 9.23. The lowest BCUT2D eigenvalue weighted by atomic mass is 10.2. The quantitative estimate of drug-likeness (QED) is 0.406. The molecule has 0 aromatic heterocycles. The molecular weight excluding hydrogens is 444 g/mol. The number of nitrogens with one attached hydrogen (secondary N) is 2. The first-order chi connectivity index (χ1) is 13.5. The van der Waals surface area contributed by atoms with Gasteiger partial charge in [-0.2, -0.15) is 0 Å². The molecule has 7 heteroatoms. The summed E-state index contributed by atoms with van der Waals surface area (Å²) in [6.07, 6.45) is -0.329. The molecule has 0 amide bonds. The van der Waals surface area contributed by atoms with Gasteiger partial charge in [-0.25, -0.2) is 0 Å². The van der Waals surface area contributed by atoms with E-state index in [1.165, 1.54) is 0 Å². The minimum Gasteiger partial charge on any atom is -0.490 e. The molecule has 0 unspecified atom stereocenters. The van der Waals surface area contributed by atoms with Crippen LogP contribution in [0.4, 0.5) is 0 Å². The molecule has 2 rings (SSSR count). The number of halogens is 2. The molecule has 28 heavy (non-hydrogen) atoms.